The quantitative estimate of drug-likeness (QED) is 0.735. The van der Waals surface area contributed by atoms with Crippen molar-refractivity contribution < 1.29 is 13.2 Å². The van der Waals surface area contributed by atoms with Crippen LogP contribution in [0.25, 0.3) is 0 Å². The number of amides is 1. The zero-order valence-electron chi connectivity index (χ0n) is 19.1. The molecule has 2 aliphatic heterocycles. The summed E-state index contributed by atoms with van der Waals surface area (Å²) in [5.41, 5.74) is 5.38. The largest absolute Gasteiger partial charge is 0.365 e. The van der Waals surface area contributed by atoms with Crippen molar-refractivity contribution in [2.24, 2.45) is 17.6 Å². The van der Waals surface area contributed by atoms with Crippen molar-refractivity contribution in [3.05, 3.63) is 36.0 Å². The van der Waals surface area contributed by atoms with Crippen molar-refractivity contribution in [1.29, 1.82) is 0 Å². The third-order valence-electron chi connectivity index (χ3n) is 6.49. The van der Waals surface area contributed by atoms with Gasteiger partial charge in [-0.2, -0.15) is 0 Å². The number of aromatic nitrogens is 2. The number of carbonyl (C=O) groups is 1. The van der Waals surface area contributed by atoms with Crippen molar-refractivity contribution in [1.82, 2.24) is 9.97 Å². The number of primary amides is 1. The molecule has 2 saturated heterocycles. The number of anilines is 2. The second kappa shape index (κ2) is 8.03. The van der Waals surface area contributed by atoms with E-state index in [1.54, 1.807) is 6.07 Å². The van der Waals surface area contributed by atoms with E-state index in [2.05, 4.69) is 42.6 Å². The van der Waals surface area contributed by atoms with Crippen LogP contribution in [-0.2, 0) is 9.84 Å². The van der Waals surface area contributed by atoms with Crippen LogP contribution in [0.4, 0.5) is 11.6 Å². The lowest BCUT2D eigenvalue weighted by molar-refractivity contribution is 0.0997. The van der Waals surface area contributed by atoms with Gasteiger partial charge in [0.1, 0.15) is 17.2 Å². The van der Waals surface area contributed by atoms with Crippen molar-refractivity contribution in [2.75, 3.05) is 29.4 Å². The molecule has 2 unspecified atom stereocenters. The summed E-state index contributed by atoms with van der Waals surface area (Å²) in [5.74, 6) is 1.05. The van der Waals surface area contributed by atoms with Crippen LogP contribution in [0.5, 0.6) is 0 Å². The van der Waals surface area contributed by atoms with E-state index >= 15 is 0 Å². The molecular weight excluding hydrogens is 426 g/mol. The summed E-state index contributed by atoms with van der Waals surface area (Å²) in [4.78, 5) is 25.3. The molecule has 2 aliphatic rings. The topological polar surface area (TPSA) is 109 Å². The van der Waals surface area contributed by atoms with Crippen LogP contribution in [0.3, 0.4) is 0 Å². The first-order valence-electron chi connectivity index (χ1n) is 11.0. The number of hydrogen-bond donors (Lipinski definition) is 1. The van der Waals surface area contributed by atoms with Gasteiger partial charge in [-0.05, 0) is 56.7 Å². The summed E-state index contributed by atoms with van der Waals surface area (Å²) in [7, 11) is -4.09. The maximum Gasteiger partial charge on any atom is 0.253 e. The molecule has 1 amide bonds. The molecule has 8 nitrogen and oxygen atoms in total. The maximum absolute atomic E-state index is 13.6. The summed E-state index contributed by atoms with van der Waals surface area (Å²) in [6, 6.07) is 6.32. The zero-order valence-corrected chi connectivity index (χ0v) is 19.9. The number of rotatable bonds is 5. The molecule has 4 rings (SSSR count). The Hall–Kier alpha value is -2.68. The van der Waals surface area contributed by atoms with Crippen LogP contribution in [0, 0.1) is 11.8 Å². The van der Waals surface area contributed by atoms with Gasteiger partial charge in [0.05, 0.1) is 4.90 Å². The highest BCUT2D eigenvalue weighted by Crippen LogP contribution is 2.39. The van der Waals surface area contributed by atoms with Crippen molar-refractivity contribution in [3.8, 4) is 0 Å². The van der Waals surface area contributed by atoms with Crippen molar-refractivity contribution in [3.63, 3.8) is 0 Å². The van der Waals surface area contributed by atoms with E-state index in [-0.39, 0.29) is 21.0 Å². The molecule has 0 bridgehead atoms. The maximum atomic E-state index is 13.6. The van der Waals surface area contributed by atoms with Crippen molar-refractivity contribution >= 4 is 27.4 Å². The molecule has 2 atom stereocenters. The van der Waals surface area contributed by atoms with Gasteiger partial charge in [0.25, 0.3) is 5.91 Å². The summed E-state index contributed by atoms with van der Waals surface area (Å²) >= 11 is 0. The molecular formula is C23H31N5O3S. The fraction of sp³-hybridized carbons (Fsp3) is 0.522. The fourth-order valence-electron chi connectivity index (χ4n) is 5.04. The Morgan fingerprint density at radius 3 is 2.50 bits per heavy atom. The smallest absolute Gasteiger partial charge is 0.253 e. The Labute approximate surface area is 189 Å². The van der Waals surface area contributed by atoms with Gasteiger partial charge in [0.15, 0.2) is 5.03 Å². The van der Waals surface area contributed by atoms with Gasteiger partial charge in [0.2, 0.25) is 9.84 Å². The average Bonchev–Trinajstić information content (AvgIpc) is 3.28. The minimum absolute atomic E-state index is 0.0725. The van der Waals surface area contributed by atoms with E-state index < -0.39 is 15.7 Å². The minimum Gasteiger partial charge on any atom is -0.365 e. The van der Waals surface area contributed by atoms with E-state index in [4.69, 9.17) is 5.73 Å². The average molecular weight is 458 g/mol. The van der Waals surface area contributed by atoms with E-state index in [1.807, 2.05) is 11.0 Å². The molecule has 9 heteroatoms. The van der Waals surface area contributed by atoms with E-state index in [1.165, 1.54) is 18.3 Å². The van der Waals surface area contributed by atoms with Gasteiger partial charge in [0, 0.05) is 31.4 Å². The van der Waals surface area contributed by atoms with Crippen molar-refractivity contribution in [2.45, 2.75) is 56.0 Å². The van der Waals surface area contributed by atoms with E-state index in [9.17, 15) is 13.2 Å². The molecule has 2 N–H and O–H groups in total. The summed E-state index contributed by atoms with van der Waals surface area (Å²) in [6.07, 6.45) is 3.38. The molecule has 32 heavy (non-hydrogen) atoms. The molecule has 0 aliphatic carbocycles. The Bertz CT molecular complexity index is 1150. The number of carbonyl (C=O) groups excluding carboxylic acids is 1. The van der Waals surface area contributed by atoms with Crippen LogP contribution in [-0.4, -0.2) is 49.5 Å². The molecule has 0 radical (unpaired) electrons. The number of nitrogens with zero attached hydrogens (tertiary/aromatic N) is 4. The van der Waals surface area contributed by atoms with Gasteiger partial charge in [-0.3, -0.25) is 4.79 Å². The number of sulfone groups is 1. The number of pyridine rings is 2. The highest BCUT2D eigenvalue weighted by Gasteiger charge is 2.40. The third kappa shape index (κ3) is 3.94. The van der Waals surface area contributed by atoms with Gasteiger partial charge in [-0.1, -0.05) is 19.9 Å². The monoisotopic (exact) mass is 457 g/mol. The third-order valence-corrected chi connectivity index (χ3v) is 8.19. The fourth-order valence-corrected chi connectivity index (χ4v) is 6.44. The standard InChI is InChI=1S/C23H31N5O3S/c1-15-9-11-27(13-15)18-6-5-7-19(26-18)32(30,31)17-8-10-25-22(20(17)21(24)29)28-14-16(2)12-23(28,3)4/h5-8,10,15-16H,9,11-14H2,1-4H3,(H2,24,29). The van der Waals surface area contributed by atoms with Crippen LogP contribution < -0.4 is 15.5 Å². The van der Waals surface area contributed by atoms with Gasteiger partial charge in [-0.15, -0.1) is 0 Å². The first-order valence-corrected chi connectivity index (χ1v) is 12.5. The molecule has 2 fully saturated rings. The molecule has 0 aromatic carbocycles. The van der Waals surface area contributed by atoms with E-state index in [0.29, 0.717) is 30.0 Å². The van der Waals surface area contributed by atoms with Crippen LogP contribution in [0.1, 0.15) is 50.9 Å². The molecule has 0 saturated carbocycles. The Kier molecular flexibility index (Phi) is 5.65. The molecule has 0 spiro atoms. The Morgan fingerprint density at radius 2 is 1.91 bits per heavy atom. The lowest BCUT2D eigenvalue weighted by Gasteiger charge is -2.33. The number of hydrogen-bond acceptors (Lipinski definition) is 7. The predicted octanol–water partition coefficient (Wildman–Crippen LogP) is 2.88. The lowest BCUT2D eigenvalue weighted by Crippen LogP contribution is -2.40. The summed E-state index contributed by atoms with van der Waals surface area (Å²) in [6.45, 7) is 10.8. The predicted molar refractivity (Wildman–Crippen MR) is 124 cm³/mol. The Balaban J connectivity index is 1.81. The second-order valence-corrected chi connectivity index (χ2v) is 11.6. The van der Waals surface area contributed by atoms with Crippen LogP contribution in [0.2, 0.25) is 0 Å². The Morgan fingerprint density at radius 1 is 1.16 bits per heavy atom. The molecule has 2 aromatic heterocycles. The number of nitrogens with two attached hydrogens (primary N) is 1. The van der Waals surface area contributed by atoms with E-state index in [0.717, 1.165) is 25.9 Å². The highest BCUT2D eigenvalue weighted by molar-refractivity contribution is 7.91. The lowest BCUT2D eigenvalue weighted by atomic mass is 9.97. The van der Waals surface area contributed by atoms with Gasteiger partial charge < -0.3 is 15.5 Å². The first kappa shape index (κ1) is 22.5. The summed E-state index contributed by atoms with van der Waals surface area (Å²) in [5, 5.41) is -0.0942. The minimum atomic E-state index is -4.09. The van der Waals surface area contributed by atoms with Crippen LogP contribution in [0.15, 0.2) is 40.4 Å². The normalized spacial score (nSPS) is 23.0. The zero-order chi connectivity index (χ0) is 23.3. The first-order chi connectivity index (χ1) is 15.0. The molecule has 2 aromatic rings. The molecule has 172 valence electrons. The SMILES string of the molecule is CC1CCN(c2cccc(S(=O)(=O)c3ccnc(N4CC(C)CC4(C)C)c3C(N)=O)n2)C1. The van der Waals surface area contributed by atoms with Gasteiger partial charge in [-0.25, -0.2) is 18.4 Å². The van der Waals surface area contributed by atoms with Gasteiger partial charge >= 0.3 is 0 Å². The highest BCUT2D eigenvalue weighted by atomic mass is 32.2. The second-order valence-electron chi connectivity index (χ2n) is 9.78. The van der Waals surface area contributed by atoms with Crippen LogP contribution >= 0.6 is 0 Å². The summed E-state index contributed by atoms with van der Waals surface area (Å²) < 4.78 is 27.3. The molecule has 4 heterocycles.